The van der Waals surface area contributed by atoms with Crippen molar-refractivity contribution in [1.29, 1.82) is 0 Å². The molecule has 0 aromatic rings. The quantitative estimate of drug-likeness (QED) is 0.515. The van der Waals surface area contributed by atoms with Crippen LogP contribution in [0.25, 0.3) is 0 Å². The van der Waals surface area contributed by atoms with E-state index in [1.54, 1.807) is 0 Å². The molecule has 0 spiro atoms. The van der Waals surface area contributed by atoms with Crippen LogP contribution < -0.4 is 5.32 Å². The van der Waals surface area contributed by atoms with Crippen LogP contribution in [0.3, 0.4) is 0 Å². The Morgan fingerprint density at radius 1 is 1.27 bits per heavy atom. The van der Waals surface area contributed by atoms with Gasteiger partial charge in [0.05, 0.1) is 0 Å². The topological polar surface area (TPSA) is 12.0 Å². The lowest BCUT2D eigenvalue weighted by Gasteiger charge is -2.11. The normalized spacial score (nSPS) is 11.2. The third-order valence-corrected chi connectivity index (χ3v) is 2.24. The van der Waals surface area contributed by atoms with Crippen molar-refractivity contribution >= 4 is 0 Å². The van der Waals surface area contributed by atoms with Gasteiger partial charge >= 0.3 is 0 Å². The fourth-order valence-electron chi connectivity index (χ4n) is 1.40. The molecule has 0 unspecified atom stereocenters. The Hall–Kier alpha value is -1.16. The Morgan fingerprint density at radius 2 is 1.93 bits per heavy atom. The summed E-state index contributed by atoms with van der Waals surface area (Å²) in [5.41, 5.74) is 3.74. The minimum atomic E-state index is 0.966. The molecule has 0 saturated heterocycles. The van der Waals surface area contributed by atoms with Crippen molar-refractivity contribution in [3.8, 4) is 11.8 Å². The molecule has 0 fully saturated rings. The number of hydrogen-bond acceptors (Lipinski definition) is 1. The Kier molecular flexibility index (Phi) is 7.54. The zero-order chi connectivity index (χ0) is 11.7. The standard InChI is InChI=1S/C14H23N/c1-6-9-13(7-2)14(8-3)15-11-10-12(4)5/h15H,4,7-8,10-11H2,1-3,5H3/b14-13-. The SMILES string of the molecule is C=C(C)CCN/C(CC)=C(\C#CC)CC. The van der Waals surface area contributed by atoms with Gasteiger partial charge in [-0.2, -0.15) is 0 Å². The highest BCUT2D eigenvalue weighted by atomic mass is 14.9. The highest BCUT2D eigenvalue weighted by Crippen LogP contribution is 2.09. The third kappa shape index (κ3) is 6.01. The van der Waals surface area contributed by atoms with Gasteiger partial charge in [0, 0.05) is 17.8 Å². The van der Waals surface area contributed by atoms with E-state index in [1.807, 2.05) is 6.92 Å². The summed E-state index contributed by atoms with van der Waals surface area (Å²) in [5.74, 6) is 6.13. The smallest absolute Gasteiger partial charge is 0.0221 e. The summed E-state index contributed by atoms with van der Waals surface area (Å²) < 4.78 is 0. The average molecular weight is 205 g/mol. The summed E-state index contributed by atoms with van der Waals surface area (Å²) in [6, 6.07) is 0. The molecule has 0 heterocycles. The number of hydrogen-bond donors (Lipinski definition) is 1. The van der Waals surface area contributed by atoms with Gasteiger partial charge in [-0.05, 0) is 33.1 Å². The second-order valence-electron chi connectivity index (χ2n) is 3.67. The first-order valence-electron chi connectivity index (χ1n) is 5.68. The summed E-state index contributed by atoms with van der Waals surface area (Å²) in [6.07, 6.45) is 3.05. The minimum absolute atomic E-state index is 0.966. The Bertz CT molecular complexity index is 286. The fourth-order valence-corrected chi connectivity index (χ4v) is 1.40. The molecule has 0 aliphatic carbocycles. The lowest BCUT2D eigenvalue weighted by Crippen LogP contribution is -2.16. The number of allylic oxidation sites excluding steroid dienone is 2. The molecule has 0 radical (unpaired) electrons. The van der Waals surface area contributed by atoms with Crippen LogP contribution in [0.15, 0.2) is 23.4 Å². The first kappa shape index (κ1) is 13.8. The van der Waals surface area contributed by atoms with Crippen molar-refractivity contribution in [2.75, 3.05) is 6.54 Å². The summed E-state index contributed by atoms with van der Waals surface area (Å²) >= 11 is 0. The maximum atomic E-state index is 3.90. The van der Waals surface area contributed by atoms with Gasteiger partial charge in [-0.1, -0.05) is 25.3 Å². The largest absolute Gasteiger partial charge is 0.387 e. The van der Waals surface area contributed by atoms with E-state index in [4.69, 9.17) is 0 Å². The summed E-state index contributed by atoms with van der Waals surface area (Å²) in [7, 11) is 0. The van der Waals surface area contributed by atoms with Gasteiger partial charge < -0.3 is 5.32 Å². The Balaban J connectivity index is 4.41. The van der Waals surface area contributed by atoms with Crippen LogP contribution in [0.5, 0.6) is 0 Å². The predicted octanol–water partition coefficient (Wildman–Crippen LogP) is 3.64. The molecule has 1 heteroatoms. The lowest BCUT2D eigenvalue weighted by atomic mass is 10.1. The second kappa shape index (κ2) is 8.17. The van der Waals surface area contributed by atoms with Gasteiger partial charge in [-0.15, -0.1) is 12.5 Å². The van der Waals surface area contributed by atoms with Crippen molar-refractivity contribution in [3.05, 3.63) is 23.4 Å². The summed E-state index contributed by atoms with van der Waals surface area (Å²) in [5, 5.41) is 3.45. The molecule has 0 bridgehead atoms. The molecule has 0 aliphatic heterocycles. The zero-order valence-electron chi connectivity index (χ0n) is 10.5. The highest BCUT2D eigenvalue weighted by molar-refractivity contribution is 5.32. The van der Waals surface area contributed by atoms with Crippen LogP contribution in [0.1, 0.15) is 47.0 Å². The molecule has 1 N–H and O–H groups in total. The molecular formula is C14H23N. The van der Waals surface area contributed by atoms with Crippen molar-refractivity contribution in [1.82, 2.24) is 5.32 Å². The Morgan fingerprint density at radius 3 is 2.33 bits per heavy atom. The zero-order valence-corrected chi connectivity index (χ0v) is 10.5. The van der Waals surface area contributed by atoms with Crippen molar-refractivity contribution < 1.29 is 0 Å². The molecule has 0 aromatic heterocycles. The van der Waals surface area contributed by atoms with Crippen molar-refractivity contribution in [3.63, 3.8) is 0 Å². The van der Waals surface area contributed by atoms with Crippen molar-refractivity contribution in [2.24, 2.45) is 0 Å². The molecule has 0 atom stereocenters. The van der Waals surface area contributed by atoms with E-state index >= 15 is 0 Å². The summed E-state index contributed by atoms with van der Waals surface area (Å²) in [6.45, 7) is 13.1. The first-order valence-corrected chi connectivity index (χ1v) is 5.68. The predicted molar refractivity (Wildman–Crippen MR) is 68.5 cm³/mol. The van der Waals surface area contributed by atoms with Crippen LogP contribution in [-0.2, 0) is 0 Å². The van der Waals surface area contributed by atoms with Crippen LogP contribution in [0.4, 0.5) is 0 Å². The van der Waals surface area contributed by atoms with Gasteiger partial charge in [0.1, 0.15) is 0 Å². The van der Waals surface area contributed by atoms with E-state index in [0.717, 1.165) is 25.8 Å². The lowest BCUT2D eigenvalue weighted by molar-refractivity contribution is 0.741. The maximum absolute atomic E-state index is 3.90. The fraction of sp³-hybridized carbons (Fsp3) is 0.571. The molecular weight excluding hydrogens is 182 g/mol. The molecule has 0 rings (SSSR count). The van der Waals surface area contributed by atoms with E-state index < -0.39 is 0 Å². The minimum Gasteiger partial charge on any atom is -0.387 e. The molecule has 1 nitrogen and oxygen atoms in total. The molecule has 0 saturated carbocycles. The Labute approximate surface area is 94.7 Å². The third-order valence-electron chi connectivity index (χ3n) is 2.24. The molecule has 15 heavy (non-hydrogen) atoms. The highest BCUT2D eigenvalue weighted by Gasteiger charge is 2.00. The summed E-state index contributed by atoms with van der Waals surface area (Å²) in [4.78, 5) is 0. The van der Waals surface area contributed by atoms with E-state index in [-0.39, 0.29) is 0 Å². The maximum Gasteiger partial charge on any atom is 0.0221 e. The average Bonchev–Trinajstić information content (AvgIpc) is 2.21. The van der Waals surface area contributed by atoms with Gasteiger partial charge in [0.25, 0.3) is 0 Å². The van der Waals surface area contributed by atoms with Gasteiger partial charge in [0.15, 0.2) is 0 Å². The van der Waals surface area contributed by atoms with E-state index in [9.17, 15) is 0 Å². The van der Waals surface area contributed by atoms with Crippen LogP contribution in [0.2, 0.25) is 0 Å². The van der Waals surface area contributed by atoms with Crippen molar-refractivity contribution in [2.45, 2.75) is 47.0 Å². The molecule has 0 aliphatic rings. The monoisotopic (exact) mass is 205 g/mol. The number of rotatable bonds is 6. The number of nitrogens with one attached hydrogen (secondary N) is 1. The van der Waals surface area contributed by atoms with E-state index in [2.05, 4.69) is 44.5 Å². The molecule has 0 amide bonds. The van der Waals surface area contributed by atoms with Gasteiger partial charge in [0.2, 0.25) is 0 Å². The van der Waals surface area contributed by atoms with E-state index in [0.29, 0.717) is 0 Å². The first-order chi connectivity index (χ1) is 7.15. The molecule has 0 aromatic carbocycles. The van der Waals surface area contributed by atoms with Crippen LogP contribution >= 0.6 is 0 Å². The molecule has 84 valence electrons. The van der Waals surface area contributed by atoms with E-state index in [1.165, 1.54) is 16.8 Å². The van der Waals surface area contributed by atoms with Gasteiger partial charge in [-0.3, -0.25) is 0 Å². The van der Waals surface area contributed by atoms with Gasteiger partial charge in [-0.25, -0.2) is 0 Å². The van der Waals surface area contributed by atoms with Crippen LogP contribution in [0, 0.1) is 11.8 Å². The van der Waals surface area contributed by atoms with Crippen LogP contribution in [-0.4, -0.2) is 6.54 Å². The second-order valence-corrected chi connectivity index (χ2v) is 3.67.